The number of benzene rings is 1. The second kappa shape index (κ2) is 6.18. The van der Waals surface area contributed by atoms with Crippen LogP contribution in [0.25, 0.3) is 0 Å². The van der Waals surface area contributed by atoms with E-state index in [1.165, 1.54) is 0 Å². The first-order valence-corrected chi connectivity index (χ1v) is 6.55. The topological polar surface area (TPSA) is 49.8 Å². The molecule has 0 atom stereocenters. The van der Waals surface area contributed by atoms with E-state index in [0.29, 0.717) is 5.92 Å². The van der Waals surface area contributed by atoms with E-state index in [2.05, 4.69) is 34.7 Å². The van der Waals surface area contributed by atoms with E-state index >= 15 is 0 Å². The van der Waals surface area contributed by atoms with Crippen LogP contribution in [-0.2, 0) is 6.42 Å². The molecule has 1 heterocycles. The van der Waals surface area contributed by atoms with Gasteiger partial charge in [-0.15, -0.1) is 5.10 Å². The third-order valence-corrected chi connectivity index (χ3v) is 2.78. The molecule has 0 aliphatic heterocycles. The lowest BCUT2D eigenvalue weighted by atomic mass is 10.1. The van der Waals surface area contributed by atoms with Crippen molar-refractivity contribution in [3.05, 3.63) is 42.1 Å². The quantitative estimate of drug-likeness (QED) is 0.860. The summed E-state index contributed by atoms with van der Waals surface area (Å²) in [7, 11) is 1.90. The van der Waals surface area contributed by atoms with Gasteiger partial charge in [0.15, 0.2) is 5.82 Å². The fourth-order valence-corrected chi connectivity index (χ4v) is 1.82. The summed E-state index contributed by atoms with van der Waals surface area (Å²) in [4.78, 5) is 0. The highest BCUT2D eigenvalue weighted by Gasteiger charge is 2.01. The van der Waals surface area contributed by atoms with E-state index in [1.807, 2.05) is 43.4 Å². The van der Waals surface area contributed by atoms with Crippen molar-refractivity contribution in [2.24, 2.45) is 5.92 Å². The summed E-state index contributed by atoms with van der Waals surface area (Å²) in [6.07, 6.45) is 0.962. The van der Waals surface area contributed by atoms with Crippen molar-refractivity contribution in [1.29, 1.82) is 0 Å². The number of anilines is 3. The Kier molecular flexibility index (Phi) is 4.34. The van der Waals surface area contributed by atoms with Gasteiger partial charge in [0, 0.05) is 18.4 Å². The van der Waals surface area contributed by atoms with Crippen molar-refractivity contribution in [3.63, 3.8) is 0 Å². The minimum absolute atomic E-state index is 0.599. The summed E-state index contributed by atoms with van der Waals surface area (Å²) in [6.45, 7) is 4.36. The molecule has 0 spiro atoms. The van der Waals surface area contributed by atoms with Crippen LogP contribution in [0.2, 0.25) is 0 Å². The van der Waals surface area contributed by atoms with Gasteiger partial charge in [-0.3, -0.25) is 0 Å². The number of aromatic nitrogens is 2. The van der Waals surface area contributed by atoms with Gasteiger partial charge in [0.2, 0.25) is 0 Å². The monoisotopic (exact) mass is 256 g/mol. The molecule has 2 rings (SSSR count). The second-order valence-corrected chi connectivity index (χ2v) is 4.96. The zero-order chi connectivity index (χ0) is 13.7. The molecule has 4 heteroatoms. The zero-order valence-corrected chi connectivity index (χ0v) is 11.6. The molecular formula is C15H20N4. The largest absolute Gasteiger partial charge is 0.388 e. The van der Waals surface area contributed by atoms with Gasteiger partial charge in [-0.05, 0) is 48.7 Å². The van der Waals surface area contributed by atoms with Crippen molar-refractivity contribution < 1.29 is 0 Å². The van der Waals surface area contributed by atoms with Crippen LogP contribution in [-0.4, -0.2) is 17.2 Å². The van der Waals surface area contributed by atoms with Crippen molar-refractivity contribution in [1.82, 2.24) is 10.2 Å². The summed E-state index contributed by atoms with van der Waals surface area (Å²) in [5, 5.41) is 14.7. The van der Waals surface area contributed by atoms with Crippen LogP contribution >= 0.6 is 0 Å². The fourth-order valence-electron chi connectivity index (χ4n) is 1.82. The van der Waals surface area contributed by atoms with Gasteiger partial charge in [0.25, 0.3) is 0 Å². The molecule has 0 amide bonds. The molecular weight excluding hydrogens is 236 g/mol. The molecule has 2 aromatic rings. The predicted molar refractivity (Wildman–Crippen MR) is 79.8 cm³/mol. The first kappa shape index (κ1) is 13.3. The van der Waals surface area contributed by atoms with E-state index < -0.39 is 0 Å². The summed E-state index contributed by atoms with van der Waals surface area (Å²) >= 11 is 0. The van der Waals surface area contributed by atoms with E-state index in [9.17, 15) is 0 Å². The van der Waals surface area contributed by atoms with Crippen molar-refractivity contribution in [2.45, 2.75) is 20.3 Å². The van der Waals surface area contributed by atoms with Crippen LogP contribution in [0.4, 0.5) is 17.2 Å². The standard InChI is InChI=1S/C15H20N4/c1-11(2)10-14-8-9-15(19-18-14)17-13-6-4-12(16-3)5-7-13/h4-9,11,16H,10H2,1-3H3,(H,17,19). The SMILES string of the molecule is CNc1ccc(Nc2ccc(CC(C)C)nn2)cc1. The highest BCUT2D eigenvalue weighted by molar-refractivity contribution is 5.59. The zero-order valence-electron chi connectivity index (χ0n) is 11.6. The van der Waals surface area contributed by atoms with E-state index in [0.717, 1.165) is 29.3 Å². The second-order valence-electron chi connectivity index (χ2n) is 4.96. The number of hydrogen-bond donors (Lipinski definition) is 2. The van der Waals surface area contributed by atoms with Gasteiger partial charge < -0.3 is 10.6 Å². The Balaban J connectivity index is 2.02. The molecule has 19 heavy (non-hydrogen) atoms. The van der Waals surface area contributed by atoms with Gasteiger partial charge in [-0.25, -0.2) is 0 Å². The summed E-state index contributed by atoms with van der Waals surface area (Å²) < 4.78 is 0. The predicted octanol–water partition coefficient (Wildman–Crippen LogP) is 3.46. The third kappa shape index (κ3) is 3.95. The molecule has 100 valence electrons. The molecule has 1 aromatic heterocycles. The lowest BCUT2D eigenvalue weighted by Crippen LogP contribution is -2.01. The summed E-state index contributed by atoms with van der Waals surface area (Å²) in [6, 6.07) is 12.0. The highest BCUT2D eigenvalue weighted by atomic mass is 15.2. The Morgan fingerprint density at radius 2 is 1.63 bits per heavy atom. The Labute approximate surface area is 114 Å². The Hall–Kier alpha value is -2.10. The number of rotatable bonds is 5. The third-order valence-electron chi connectivity index (χ3n) is 2.78. The van der Waals surface area contributed by atoms with Gasteiger partial charge in [0.1, 0.15) is 0 Å². The van der Waals surface area contributed by atoms with Gasteiger partial charge in [0.05, 0.1) is 5.69 Å². The molecule has 0 aliphatic rings. The minimum atomic E-state index is 0.599. The highest BCUT2D eigenvalue weighted by Crippen LogP contribution is 2.17. The maximum Gasteiger partial charge on any atom is 0.153 e. The molecule has 0 fully saturated rings. The summed E-state index contributed by atoms with van der Waals surface area (Å²) in [5.41, 5.74) is 3.12. The Morgan fingerprint density at radius 3 is 2.16 bits per heavy atom. The van der Waals surface area contributed by atoms with Crippen molar-refractivity contribution in [2.75, 3.05) is 17.7 Å². The van der Waals surface area contributed by atoms with Crippen molar-refractivity contribution >= 4 is 17.2 Å². The lowest BCUT2D eigenvalue weighted by Gasteiger charge is -2.07. The van der Waals surface area contributed by atoms with Crippen molar-refractivity contribution in [3.8, 4) is 0 Å². The Bertz CT molecular complexity index is 503. The maximum absolute atomic E-state index is 4.22. The van der Waals surface area contributed by atoms with Gasteiger partial charge in [-0.2, -0.15) is 5.10 Å². The van der Waals surface area contributed by atoms with Crippen LogP contribution in [0.15, 0.2) is 36.4 Å². The smallest absolute Gasteiger partial charge is 0.153 e. The molecule has 0 radical (unpaired) electrons. The molecule has 0 bridgehead atoms. The molecule has 0 aliphatic carbocycles. The summed E-state index contributed by atoms with van der Waals surface area (Å²) in [5.74, 6) is 1.37. The first-order valence-electron chi connectivity index (χ1n) is 6.55. The van der Waals surface area contributed by atoms with Gasteiger partial charge >= 0.3 is 0 Å². The molecule has 1 aromatic carbocycles. The number of hydrogen-bond acceptors (Lipinski definition) is 4. The molecule has 0 unspecified atom stereocenters. The van der Waals surface area contributed by atoms with Crippen LogP contribution in [0.3, 0.4) is 0 Å². The number of nitrogens with zero attached hydrogens (tertiary/aromatic N) is 2. The number of nitrogens with one attached hydrogen (secondary N) is 2. The van der Waals surface area contributed by atoms with E-state index in [-0.39, 0.29) is 0 Å². The fraction of sp³-hybridized carbons (Fsp3) is 0.333. The van der Waals surface area contributed by atoms with Crippen LogP contribution in [0, 0.1) is 5.92 Å². The Morgan fingerprint density at radius 1 is 0.947 bits per heavy atom. The van der Waals surface area contributed by atoms with Gasteiger partial charge in [-0.1, -0.05) is 13.8 Å². The molecule has 4 nitrogen and oxygen atoms in total. The average Bonchev–Trinajstić information content (AvgIpc) is 2.41. The minimum Gasteiger partial charge on any atom is -0.388 e. The average molecular weight is 256 g/mol. The first-order chi connectivity index (χ1) is 9.17. The van der Waals surface area contributed by atoms with E-state index in [1.54, 1.807) is 0 Å². The normalized spacial score (nSPS) is 10.5. The van der Waals surface area contributed by atoms with Crippen LogP contribution in [0.5, 0.6) is 0 Å². The lowest BCUT2D eigenvalue weighted by molar-refractivity contribution is 0.628. The maximum atomic E-state index is 4.22. The molecule has 0 saturated heterocycles. The van der Waals surface area contributed by atoms with Crippen LogP contribution in [0.1, 0.15) is 19.5 Å². The van der Waals surface area contributed by atoms with E-state index in [4.69, 9.17) is 0 Å². The molecule has 0 saturated carbocycles. The molecule has 2 N–H and O–H groups in total. The van der Waals surface area contributed by atoms with Crippen LogP contribution < -0.4 is 10.6 Å².